The van der Waals surface area contributed by atoms with Gasteiger partial charge in [-0.15, -0.1) is 6.58 Å². The van der Waals surface area contributed by atoms with Gasteiger partial charge in [-0.1, -0.05) is 99.7 Å². The summed E-state index contributed by atoms with van der Waals surface area (Å²) in [6.07, 6.45) is 8.31. The Labute approximate surface area is 177 Å². The lowest BCUT2D eigenvalue weighted by molar-refractivity contribution is 0.168. The number of hydrogen-bond acceptors (Lipinski definition) is 2. The van der Waals surface area contributed by atoms with Gasteiger partial charge in [-0.2, -0.15) is 0 Å². The normalized spacial score (nSPS) is 22.4. The highest BCUT2D eigenvalue weighted by Gasteiger charge is 2.50. The lowest BCUT2D eigenvalue weighted by atomic mass is 9.76. The van der Waals surface area contributed by atoms with Crippen molar-refractivity contribution in [3.63, 3.8) is 0 Å². The molecule has 2 aromatic carbocycles. The van der Waals surface area contributed by atoms with E-state index in [4.69, 9.17) is 4.43 Å². The Morgan fingerprint density at radius 3 is 2.03 bits per heavy atom. The highest BCUT2D eigenvalue weighted by atomic mass is 28.4. The SMILES string of the molecule is C=C[C@]1(CCO[Si](c2ccccc2)(c2ccccc2)C(C)(C)C)C=C[C@@H](O)CC1. The van der Waals surface area contributed by atoms with Crippen LogP contribution >= 0.6 is 0 Å². The van der Waals surface area contributed by atoms with E-state index in [9.17, 15) is 5.11 Å². The zero-order valence-corrected chi connectivity index (χ0v) is 19.0. The van der Waals surface area contributed by atoms with E-state index in [0.717, 1.165) is 19.3 Å². The van der Waals surface area contributed by atoms with Crippen LogP contribution in [0.15, 0.2) is 85.5 Å². The number of aliphatic hydroxyl groups excluding tert-OH is 1. The molecule has 2 aromatic rings. The fraction of sp³-hybridized carbons (Fsp3) is 0.385. The maximum atomic E-state index is 9.85. The molecule has 3 rings (SSSR count). The largest absolute Gasteiger partial charge is 0.407 e. The number of allylic oxidation sites excluding steroid dienone is 2. The van der Waals surface area contributed by atoms with E-state index < -0.39 is 8.32 Å². The third kappa shape index (κ3) is 4.47. The van der Waals surface area contributed by atoms with Gasteiger partial charge in [-0.05, 0) is 34.7 Å². The molecule has 1 N–H and O–H groups in total. The molecule has 0 amide bonds. The zero-order valence-electron chi connectivity index (χ0n) is 18.0. The maximum Gasteiger partial charge on any atom is 0.261 e. The van der Waals surface area contributed by atoms with Gasteiger partial charge in [0.1, 0.15) is 0 Å². The quantitative estimate of drug-likeness (QED) is 0.527. The van der Waals surface area contributed by atoms with Gasteiger partial charge < -0.3 is 9.53 Å². The molecule has 0 aromatic heterocycles. The van der Waals surface area contributed by atoms with Crippen LogP contribution in [0, 0.1) is 5.41 Å². The van der Waals surface area contributed by atoms with Crippen LogP contribution in [0.1, 0.15) is 40.0 Å². The molecule has 2 atom stereocenters. The van der Waals surface area contributed by atoms with E-state index in [0.29, 0.717) is 6.61 Å². The summed E-state index contributed by atoms with van der Waals surface area (Å²) in [5, 5.41) is 12.4. The van der Waals surface area contributed by atoms with Gasteiger partial charge in [0.15, 0.2) is 0 Å². The monoisotopic (exact) mass is 406 g/mol. The Balaban J connectivity index is 1.96. The molecule has 0 spiro atoms. The zero-order chi connectivity index (χ0) is 21.0. The van der Waals surface area contributed by atoms with Gasteiger partial charge in [-0.25, -0.2) is 0 Å². The standard InChI is InChI=1S/C26H34O2Si/c1-5-26(18-16-22(27)17-19-26)20-21-28-29(25(2,3)4,23-12-8-6-9-13-23)24-14-10-7-11-15-24/h5-16,18,22,27H,1,17,19-21H2,2-4H3/t22-,26+/m1/s1. The minimum atomic E-state index is -2.50. The summed E-state index contributed by atoms with van der Waals surface area (Å²) in [7, 11) is -2.50. The summed E-state index contributed by atoms with van der Waals surface area (Å²) in [4.78, 5) is 0. The molecule has 1 aliphatic carbocycles. The first kappa shape index (κ1) is 21.8. The fourth-order valence-electron chi connectivity index (χ4n) is 4.54. The average Bonchev–Trinajstić information content (AvgIpc) is 2.73. The Hall–Kier alpha value is -1.94. The van der Waals surface area contributed by atoms with Crippen molar-refractivity contribution in [3.05, 3.63) is 85.5 Å². The van der Waals surface area contributed by atoms with Crippen LogP contribution in [0.25, 0.3) is 0 Å². The van der Waals surface area contributed by atoms with Gasteiger partial charge in [0.25, 0.3) is 8.32 Å². The van der Waals surface area contributed by atoms with Crippen molar-refractivity contribution in [1.29, 1.82) is 0 Å². The van der Waals surface area contributed by atoms with Gasteiger partial charge in [0.05, 0.1) is 6.10 Å². The molecule has 0 aliphatic heterocycles. The highest BCUT2D eigenvalue weighted by molar-refractivity contribution is 6.99. The second-order valence-corrected chi connectivity index (χ2v) is 13.5. The maximum absolute atomic E-state index is 9.85. The Kier molecular flexibility index (Phi) is 6.62. The molecule has 0 radical (unpaired) electrons. The second-order valence-electron chi connectivity index (χ2n) is 9.16. The molecule has 2 nitrogen and oxygen atoms in total. The molecular formula is C26H34O2Si. The van der Waals surface area contributed by atoms with Crippen LogP contribution in [0.5, 0.6) is 0 Å². The van der Waals surface area contributed by atoms with E-state index >= 15 is 0 Å². The predicted molar refractivity (Wildman–Crippen MR) is 125 cm³/mol. The topological polar surface area (TPSA) is 29.5 Å². The van der Waals surface area contributed by atoms with Gasteiger partial charge in [0, 0.05) is 12.0 Å². The molecule has 0 saturated carbocycles. The minimum Gasteiger partial charge on any atom is -0.407 e. The first-order valence-electron chi connectivity index (χ1n) is 10.6. The van der Waals surface area contributed by atoms with E-state index in [2.05, 4.69) is 94.1 Å². The number of benzene rings is 2. The first-order valence-corrected chi connectivity index (χ1v) is 12.5. The molecule has 1 aliphatic rings. The van der Waals surface area contributed by atoms with Crippen molar-refractivity contribution in [3.8, 4) is 0 Å². The number of aliphatic hydroxyl groups is 1. The molecule has 29 heavy (non-hydrogen) atoms. The second kappa shape index (κ2) is 8.82. The number of rotatable bonds is 7. The molecule has 0 fully saturated rings. The summed E-state index contributed by atoms with van der Waals surface area (Å²) in [6, 6.07) is 21.5. The van der Waals surface area contributed by atoms with Crippen molar-refractivity contribution in [2.45, 2.75) is 51.2 Å². The summed E-state index contributed by atoms with van der Waals surface area (Å²) >= 11 is 0. The first-order chi connectivity index (χ1) is 13.8. The fourth-order valence-corrected chi connectivity index (χ4v) is 9.10. The molecule has 0 heterocycles. The summed E-state index contributed by atoms with van der Waals surface area (Å²) < 4.78 is 7.02. The van der Waals surface area contributed by atoms with Crippen molar-refractivity contribution in [2.24, 2.45) is 5.41 Å². The Morgan fingerprint density at radius 1 is 1.07 bits per heavy atom. The van der Waals surface area contributed by atoms with E-state index in [1.54, 1.807) is 0 Å². The summed E-state index contributed by atoms with van der Waals surface area (Å²) in [5.41, 5.74) is -0.0926. The van der Waals surface area contributed by atoms with Crippen molar-refractivity contribution < 1.29 is 9.53 Å². The van der Waals surface area contributed by atoms with E-state index in [1.807, 2.05) is 12.2 Å². The van der Waals surface area contributed by atoms with E-state index in [1.165, 1.54) is 10.4 Å². The lowest BCUT2D eigenvalue weighted by Crippen LogP contribution is -2.66. The molecular weight excluding hydrogens is 372 g/mol. The van der Waals surface area contributed by atoms with Crippen molar-refractivity contribution >= 4 is 18.7 Å². The van der Waals surface area contributed by atoms with Gasteiger partial charge in [-0.3, -0.25) is 0 Å². The van der Waals surface area contributed by atoms with Gasteiger partial charge in [0.2, 0.25) is 0 Å². The van der Waals surface area contributed by atoms with Crippen LogP contribution < -0.4 is 10.4 Å². The van der Waals surface area contributed by atoms with Crippen LogP contribution in [-0.2, 0) is 4.43 Å². The van der Waals surface area contributed by atoms with Gasteiger partial charge >= 0.3 is 0 Å². The number of hydrogen-bond donors (Lipinski definition) is 1. The molecule has 0 saturated heterocycles. The molecule has 0 bridgehead atoms. The van der Waals surface area contributed by atoms with Crippen molar-refractivity contribution in [1.82, 2.24) is 0 Å². The molecule has 0 unspecified atom stereocenters. The van der Waals surface area contributed by atoms with Crippen molar-refractivity contribution in [2.75, 3.05) is 6.61 Å². The van der Waals surface area contributed by atoms with Crippen LogP contribution in [0.3, 0.4) is 0 Å². The Bertz CT molecular complexity index is 783. The van der Waals surface area contributed by atoms with Crippen LogP contribution in [0.4, 0.5) is 0 Å². The third-order valence-corrected chi connectivity index (χ3v) is 11.3. The predicted octanol–water partition coefficient (Wildman–Crippen LogP) is 4.84. The lowest BCUT2D eigenvalue weighted by Gasteiger charge is -2.44. The van der Waals surface area contributed by atoms with E-state index in [-0.39, 0.29) is 16.6 Å². The third-order valence-electron chi connectivity index (χ3n) is 6.27. The minimum absolute atomic E-state index is 0.0182. The highest BCUT2D eigenvalue weighted by Crippen LogP contribution is 2.39. The summed E-state index contributed by atoms with van der Waals surface area (Å²) in [5.74, 6) is 0. The summed E-state index contributed by atoms with van der Waals surface area (Å²) in [6.45, 7) is 11.7. The molecule has 154 valence electrons. The van der Waals surface area contributed by atoms with Crippen LogP contribution in [-0.4, -0.2) is 26.1 Å². The average molecular weight is 407 g/mol. The van der Waals surface area contributed by atoms with Crippen LogP contribution in [0.2, 0.25) is 5.04 Å². The smallest absolute Gasteiger partial charge is 0.261 e. The molecule has 3 heteroatoms. The Morgan fingerprint density at radius 2 is 1.62 bits per heavy atom.